The van der Waals surface area contributed by atoms with Gasteiger partial charge in [0.1, 0.15) is 22.3 Å². The Morgan fingerprint density at radius 1 is 1.18 bits per heavy atom. The van der Waals surface area contributed by atoms with Crippen LogP contribution in [0.5, 0.6) is 0 Å². The van der Waals surface area contributed by atoms with E-state index >= 15 is 4.39 Å². The number of sulfonamides is 1. The van der Waals surface area contributed by atoms with Crippen LogP contribution in [0.15, 0.2) is 35.4 Å². The maximum atomic E-state index is 15.2. The maximum absolute atomic E-state index is 15.2. The zero-order valence-electron chi connectivity index (χ0n) is 18.7. The molecule has 180 valence electrons. The first-order valence-electron chi connectivity index (χ1n) is 10.6. The number of rotatable bonds is 5. The second-order valence-electron chi connectivity index (χ2n) is 8.99. The first-order valence-corrected chi connectivity index (χ1v) is 12.1. The lowest BCUT2D eigenvalue weighted by Gasteiger charge is -2.30. The van der Waals surface area contributed by atoms with Crippen LogP contribution in [0, 0.1) is 24.1 Å². The lowest BCUT2D eigenvalue weighted by molar-refractivity contribution is -0.180. The number of aryl methyl sites for hydroxylation is 1. The number of nitrogens with one attached hydrogen (secondary N) is 1. The summed E-state index contributed by atoms with van der Waals surface area (Å²) in [5.74, 6) is -0.440. The summed E-state index contributed by atoms with van der Waals surface area (Å²) < 4.78 is 83.2. The molecule has 0 saturated heterocycles. The topological polar surface area (TPSA) is 87.8 Å². The number of aromatic nitrogens is 2. The Morgan fingerprint density at radius 3 is 2.35 bits per heavy atom. The highest BCUT2D eigenvalue weighted by atomic mass is 32.2. The minimum Gasteiger partial charge on any atom is -0.333 e. The highest BCUT2D eigenvalue weighted by Crippen LogP contribution is 2.43. The second kappa shape index (κ2) is 8.06. The molecule has 2 heterocycles. The van der Waals surface area contributed by atoms with Gasteiger partial charge >= 0.3 is 6.18 Å². The van der Waals surface area contributed by atoms with Gasteiger partial charge in [0.15, 0.2) is 0 Å². The number of pyridine rings is 1. The molecule has 1 N–H and O–H groups in total. The quantitative estimate of drug-likeness (QED) is 0.484. The van der Waals surface area contributed by atoms with E-state index in [1.165, 1.54) is 6.07 Å². The monoisotopic (exact) mass is 494 g/mol. The van der Waals surface area contributed by atoms with Gasteiger partial charge in [0.25, 0.3) is 0 Å². The normalized spacial score (nSPS) is 15.4. The molecular weight excluding hydrogens is 472 g/mol. The average Bonchev–Trinajstić information content (AvgIpc) is 3.02. The van der Waals surface area contributed by atoms with Crippen LogP contribution in [-0.2, 0) is 10.0 Å². The van der Waals surface area contributed by atoms with Crippen LogP contribution in [0.3, 0.4) is 0 Å². The van der Waals surface area contributed by atoms with E-state index in [2.05, 4.69) is 11.1 Å². The largest absolute Gasteiger partial charge is 0.407 e. The lowest BCUT2D eigenvalue weighted by Crippen LogP contribution is -2.54. The molecule has 0 amide bonds. The van der Waals surface area contributed by atoms with Crippen LogP contribution >= 0.6 is 0 Å². The fourth-order valence-electron chi connectivity index (χ4n) is 3.97. The van der Waals surface area contributed by atoms with Crippen molar-refractivity contribution in [3.63, 3.8) is 0 Å². The van der Waals surface area contributed by atoms with Crippen LogP contribution < -0.4 is 4.72 Å². The van der Waals surface area contributed by atoms with Crippen LogP contribution in [0.1, 0.15) is 50.3 Å². The Bertz CT molecular complexity index is 1410. The number of nitriles is 1. The third-order valence-electron chi connectivity index (χ3n) is 6.24. The van der Waals surface area contributed by atoms with Crippen molar-refractivity contribution in [3.05, 3.63) is 47.4 Å². The molecule has 0 atom stereocenters. The lowest BCUT2D eigenvalue weighted by atomic mass is 9.92. The zero-order chi connectivity index (χ0) is 25.1. The second-order valence-corrected chi connectivity index (χ2v) is 10.7. The van der Waals surface area contributed by atoms with Crippen LogP contribution in [0.25, 0.3) is 22.3 Å². The minimum absolute atomic E-state index is 0.0460. The Hall–Kier alpha value is -2.97. The molecule has 11 heteroatoms. The molecule has 6 nitrogen and oxygen atoms in total. The standard InChI is InChI=1S/C23H22F4N4O2S/c1-13-7-9-16-17(11-28)20(31(14-5-4-6-14)21(16)19(13)24)18-10-8-15(12-29-18)34(32,33)30-22(2,3)23(25,26)27/h7-10,12,14,30H,4-6H2,1-3H3. The molecule has 0 aliphatic heterocycles. The predicted molar refractivity (Wildman–Crippen MR) is 118 cm³/mol. The maximum Gasteiger partial charge on any atom is 0.407 e. The van der Waals surface area contributed by atoms with Crippen molar-refractivity contribution in [1.82, 2.24) is 14.3 Å². The zero-order valence-corrected chi connectivity index (χ0v) is 19.5. The molecule has 2 aromatic heterocycles. The number of fused-ring (bicyclic) bond motifs is 1. The Kier molecular flexibility index (Phi) is 5.73. The first kappa shape index (κ1) is 24.2. The van der Waals surface area contributed by atoms with Gasteiger partial charge < -0.3 is 4.57 Å². The van der Waals surface area contributed by atoms with E-state index in [9.17, 15) is 26.9 Å². The van der Waals surface area contributed by atoms with Crippen molar-refractivity contribution in [2.75, 3.05) is 0 Å². The number of halogens is 4. The van der Waals surface area contributed by atoms with Crippen molar-refractivity contribution < 1.29 is 26.0 Å². The molecule has 1 aliphatic rings. The number of alkyl halides is 3. The highest BCUT2D eigenvalue weighted by Gasteiger charge is 2.49. The molecule has 0 unspecified atom stereocenters. The van der Waals surface area contributed by atoms with E-state index < -0.39 is 32.5 Å². The van der Waals surface area contributed by atoms with E-state index in [4.69, 9.17) is 0 Å². The number of hydrogen-bond acceptors (Lipinski definition) is 4. The summed E-state index contributed by atoms with van der Waals surface area (Å²) in [4.78, 5) is 3.71. The van der Waals surface area contributed by atoms with Crippen molar-refractivity contribution in [2.45, 2.75) is 62.7 Å². The molecule has 4 rings (SSSR count). The third-order valence-corrected chi connectivity index (χ3v) is 7.88. The van der Waals surface area contributed by atoms with Crippen molar-refractivity contribution in [1.29, 1.82) is 5.26 Å². The van der Waals surface area contributed by atoms with Crippen LogP contribution in [0.4, 0.5) is 17.6 Å². The summed E-state index contributed by atoms with van der Waals surface area (Å²) in [5.41, 5.74) is -1.17. The molecule has 0 radical (unpaired) electrons. The molecule has 0 spiro atoms. The molecular formula is C23H22F4N4O2S. The van der Waals surface area contributed by atoms with Gasteiger partial charge in [0, 0.05) is 17.6 Å². The Morgan fingerprint density at radius 2 is 1.85 bits per heavy atom. The fourth-order valence-corrected chi connectivity index (χ4v) is 5.31. The van der Waals surface area contributed by atoms with Crippen molar-refractivity contribution in [3.8, 4) is 17.5 Å². The summed E-state index contributed by atoms with van der Waals surface area (Å²) in [6.07, 6.45) is -1.34. The Balaban J connectivity index is 1.84. The number of benzene rings is 1. The van der Waals surface area contributed by atoms with E-state index in [0.29, 0.717) is 22.2 Å². The summed E-state index contributed by atoms with van der Waals surface area (Å²) in [6.45, 7) is 3.07. The number of nitrogens with zero attached hydrogens (tertiary/aromatic N) is 3. The summed E-state index contributed by atoms with van der Waals surface area (Å²) in [7, 11) is -4.54. The van der Waals surface area contributed by atoms with Gasteiger partial charge in [0.2, 0.25) is 10.0 Å². The summed E-state index contributed by atoms with van der Waals surface area (Å²) in [6, 6.07) is 7.78. The van der Waals surface area contributed by atoms with Gasteiger partial charge in [-0.05, 0) is 57.7 Å². The predicted octanol–water partition coefficient (Wildman–Crippen LogP) is 5.37. The van der Waals surface area contributed by atoms with E-state index in [1.54, 1.807) is 28.3 Å². The third kappa shape index (κ3) is 3.84. The molecule has 1 saturated carbocycles. The highest BCUT2D eigenvalue weighted by molar-refractivity contribution is 7.89. The smallest absolute Gasteiger partial charge is 0.333 e. The minimum atomic E-state index is -4.80. The SMILES string of the molecule is Cc1ccc2c(C#N)c(-c3ccc(S(=O)(=O)NC(C)(C)C(F)(F)F)cn3)n(C3CCC3)c2c1F. The molecule has 0 bridgehead atoms. The van der Waals surface area contributed by atoms with Gasteiger partial charge in [-0.1, -0.05) is 12.1 Å². The van der Waals surface area contributed by atoms with E-state index in [1.807, 2.05) is 0 Å². The number of hydrogen-bond donors (Lipinski definition) is 1. The average molecular weight is 495 g/mol. The Labute approximate surface area is 194 Å². The molecule has 1 fully saturated rings. The van der Waals surface area contributed by atoms with Gasteiger partial charge in [0.05, 0.1) is 22.5 Å². The van der Waals surface area contributed by atoms with E-state index in [-0.39, 0.29) is 17.3 Å². The van der Waals surface area contributed by atoms with Gasteiger partial charge in [-0.25, -0.2) is 12.8 Å². The van der Waals surface area contributed by atoms with Crippen molar-refractivity contribution in [2.24, 2.45) is 0 Å². The van der Waals surface area contributed by atoms with Gasteiger partial charge in [-0.3, -0.25) is 4.98 Å². The summed E-state index contributed by atoms with van der Waals surface area (Å²) >= 11 is 0. The van der Waals surface area contributed by atoms with Crippen molar-refractivity contribution >= 4 is 20.9 Å². The summed E-state index contributed by atoms with van der Waals surface area (Å²) in [5, 5.41) is 10.3. The van der Waals surface area contributed by atoms with Crippen LogP contribution in [0.2, 0.25) is 0 Å². The molecule has 1 aliphatic carbocycles. The van der Waals surface area contributed by atoms with Gasteiger partial charge in [-0.15, -0.1) is 0 Å². The molecule has 1 aromatic carbocycles. The van der Waals surface area contributed by atoms with Gasteiger partial charge in [-0.2, -0.15) is 23.2 Å². The van der Waals surface area contributed by atoms with Crippen LogP contribution in [-0.4, -0.2) is 29.7 Å². The molecule has 3 aromatic rings. The first-order chi connectivity index (χ1) is 15.8. The van der Waals surface area contributed by atoms with E-state index in [0.717, 1.165) is 45.4 Å². The molecule has 34 heavy (non-hydrogen) atoms. The fraction of sp³-hybridized carbons (Fsp3) is 0.391.